The van der Waals surface area contributed by atoms with Crippen LogP contribution >= 0.6 is 15.9 Å². The second kappa shape index (κ2) is 11.6. The number of carbonyl (C=O) groups excluding carboxylic acids is 2. The molecule has 2 amide bonds. The van der Waals surface area contributed by atoms with Gasteiger partial charge in [-0.15, -0.1) is 0 Å². The summed E-state index contributed by atoms with van der Waals surface area (Å²) in [5.74, 6) is 0.381. The Bertz CT molecular complexity index is 1190. The fraction of sp³-hybridized carbons (Fsp3) is 0.280. The summed E-state index contributed by atoms with van der Waals surface area (Å²) in [7, 11) is 1.30. The monoisotopic (exact) mass is 525 g/mol. The largest absolute Gasteiger partial charge is 0.453 e. The van der Waals surface area contributed by atoms with E-state index in [1.54, 1.807) is 24.5 Å². The van der Waals surface area contributed by atoms with Crippen molar-refractivity contribution in [2.24, 2.45) is 5.92 Å². The molecule has 3 aromatic rings. The van der Waals surface area contributed by atoms with E-state index >= 15 is 0 Å². The van der Waals surface area contributed by atoms with Crippen LogP contribution in [0.1, 0.15) is 45.1 Å². The molecule has 1 aliphatic heterocycles. The molecule has 4 rings (SSSR count). The molecule has 0 saturated carbocycles. The van der Waals surface area contributed by atoms with Crippen molar-refractivity contribution in [3.63, 3.8) is 0 Å². The third kappa shape index (κ3) is 5.91. The van der Waals surface area contributed by atoms with Crippen LogP contribution in [-0.4, -0.2) is 34.1 Å². The van der Waals surface area contributed by atoms with Gasteiger partial charge >= 0.3 is 6.09 Å². The lowest BCUT2D eigenvalue weighted by Crippen LogP contribution is -2.21. The van der Waals surface area contributed by atoms with Crippen molar-refractivity contribution < 1.29 is 14.3 Å². The number of imidazole rings is 1. The number of pyridine rings is 1. The minimum Gasteiger partial charge on any atom is -0.453 e. The molecule has 0 saturated heterocycles. The van der Waals surface area contributed by atoms with Gasteiger partial charge in [-0.1, -0.05) is 26.8 Å². The molecule has 0 radical (unpaired) electrons. The Kier molecular flexibility index (Phi) is 8.59. The number of hydrogen-bond donors (Lipinski definition) is 3. The van der Waals surface area contributed by atoms with Crippen molar-refractivity contribution in [1.29, 1.82) is 0 Å². The second-order valence-corrected chi connectivity index (χ2v) is 8.39. The van der Waals surface area contributed by atoms with Gasteiger partial charge in [0.05, 0.1) is 30.4 Å². The molecule has 34 heavy (non-hydrogen) atoms. The predicted octanol–water partition coefficient (Wildman–Crippen LogP) is 6.24. The van der Waals surface area contributed by atoms with Crippen molar-refractivity contribution in [2.75, 3.05) is 17.7 Å². The standard InChI is InChI=1S/C23H22BrN5O3.C2H6/c1-13-4-3-5-17(18-9-6-14(24)11-25-18)21-26-12-20(28-21)16-8-7-15(27-23(31)32-2)10-19(16)29-22(13)30;1-2/h5-13H,3-4H2,1-2H3,(H,26,28)(H,27,31)(H,29,30);1-2H3/b17-5-;. The minimum atomic E-state index is -0.585. The molecule has 0 spiro atoms. The van der Waals surface area contributed by atoms with Crippen LogP contribution in [0.3, 0.4) is 0 Å². The summed E-state index contributed by atoms with van der Waals surface area (Å²) in [6.45, 7) is 5.90. The number of halogens is 1. The number of rotatable bonds is 2. The van der Waals surface area contributed by atoms with Gasteiger partial charge in [0, 0.05) is 33.4 Å². The number of ether oxygens (including phenoxy) is 1. The van der Waals surface area contributed by atoms with Gasteiger partial charge in [0.15, 0.2) is 0 Å². The maximum Gasteiger partial charge on any atom is 0.411 e. The number of amides is 2. The number of fused-ring (bicyclic) bond motifs is 4. The quantitative estimate of drug-likeness (QED) is 0.366. The normalized spacial score (nSPS) is 16.8. The Balaban J connectivity index is 0.00000158. The topological polar surface area (TPSA) is 109 Å². The van der Waals surface area contributed by atoms with Crippen LogP contribution in [0.4, 0.5) is 16.2 Å². The van der Waals surface area contributed by atoms with Gasteiger partial charge in [0.2, 0.25) is 5.91 Å². The van der Waals surface area contributed by atoms with E-state index < -0.39 is 6.09 Å². The molecule has 9 heteroatoms. The zero-order valence-corrected chi connectivity index (χ0v) is 21.2. The highest BCUT2D eigenvalue weighted by Gasteiger charge is 2.19. The highest BCUT2D eigenvalue weighted by atomic mass is 79.9. The average Bonchev–Trinajstić information content (AvgIpc) is 3.33. The zero-order valence-electron chi connectivity index (χ0n) is 19.6. The van der Waals surface area contributed by atoms with E-state index in [1.165, 1.54) is 7.11 Å². The van der Waals surface area contributed by atoms with Crippen LogP contribution in [-0.2, 0) is 9.53 Å². The zero-order chi connectivity index (χ0) is 24.7. The minimum absolute atomic E-state index is 0.0986. The number of methoxy groups -OCH3 is 1. The number of benzene rings is 1. The molecule has 0 fully saturated rings. The Morgan fingerprint density at radius 3 is 2.68 bits per heavy atom. The Morgan fingerprint density at radius 2 is 1.97 bits per heavy atom. The van der Waals surface area contributed by atoms with E-state index in [2.05, 4.69) is 52.3 Å². The summed E-state index contributed by atoms with van der Waals surface area (Å²) in [6.07, 6.45) is 6.30. The molecule has 178 valence electrons. The molecule has 2 bridgehead atoms. The lowest BCUT2D eigenvalue weighted by molar-refractivity contribution is -0.119. The maximum absolute atomic E-state index is 12.8. The Labute approximate surface area is 207 Å². The summed E-state index contributed by atoms with van der Waals surface area (Å²) in [6, 6.07) is 9.12. The molecule has 3 heterocycles. The van der Waals surface area contributed by atoms with E-state index in [0.29, 0.717) is 30.0 Å². The number of anilines is 2. The number of allylic oxidation sites excluding steroid dienone is 1. The van der Waals surface area contributed by atoms with E-state index in [9.17, 15) is 9.59 Å². The van der Waals surface area contributed by atoms with Crippen LogP contribution in [0.2, 0.25) is 0 Å². The maximum atomic E-state index is 12.8. The number of nitrogens with zero attached hydrogens (tertiary/aromatic N) is 2. The average molecular weight is 526 g/mol. The molecular formula is C25H28BrN5O3. The smallest absolute Gasteiger partial charge is 0.411 e. The van der Waals surface area contributed by atoms with Gasteiger partial charge in [0.25, 0.3) is 0 Å². The number of nitrogens with one attached hydrogen (secondary N) is 3. The lowest BCUT2D eigenvalue weighted by Gasteiger charge is -2.16. The first-order chi connectivity index (χ1) is 16.4. The third-order valence-corrected chi connectivity index (χ3v) is 5.70. The highest BCUT2D eigenvalue weighted by molar-refractivity contribution is 9.10. The first-order valence-corrected chi connectivity index (χ1v) is 11.9. The highest BCUT2D eigenvalue weighted by Crippen LogP contribution is 2.33. The van der Waals surface area contributed by atoms with Crippen molar-refractivity contribution in [2.45, 2.75) is 33.6 Å². The number of hydrogen-bond acceptors (Lipinski definition) is 5. The molecule has 3 N–H and O–H groups in total. The molecule has 2 aromatic heterocycles. The first-order valence-electron chi connectivity index (χ1n) is 11.1. The number of carbonyl (C=O) groups is 2. The summed E-state index contributed by atoms with van der Waals surface area (Å²) in [5, 5.41) is 5.62. The van der Waals surface area contributed by atoms with Gasteiger partial charge in [-0.3, -0.25) is 15.1 Å². The molecule has 0 aliphatic carbocycles. The van der Waals surface area contributed by atoms with Crippen LogP contribution in [0.25, 0.3) is 16.8 Å². The van der Waals surface area contributed by atoms with Crippen molar-refractivity contribution in [1.82, 2.24) is 15.0 Å². The van der Waals surface area contributed by atoms with Crippen molar-refractivity contribution >= 4 is 44.9 Å². The SMILES string of the molecule is CC.COC(=O)Nc1ccc2c(c1)NC(=O)C(C)CC/C=C(/c1ccc(Br)cn1)c1ncc-2[nH]1. The third-order valence-electron chi connectivity index (χ3n) is 5.23. The Hall–Kier alpha value is -3.46. The summed E-state index contributed by atoms with van der Waals surface area (Å²) in [5.41, 5.74) is 4.23. The van der Waals surface area contributed by atoms with Crippen LogP contribution in [0.5, 0.6) is 0 Å². The number of H-pyrrole nitrogens is 1. The second-order valence-electron chi connectivity index (χ2n) is 7.47. The molecule has 8 nitrogen and oxygen atoms in total. The molecule has 1 atom stereocenters. The van der Waals surface area contributed by atoms with E-state index in [0.717, 1.165) is 27.0 Å². The molecule has 1 aromatic carbocycles. The predicted molar refractivity (Wildman–Crippen MR) is 137 cm³/mol. The number of aromatic amines is 1. The van der Waals surface area contributed by atoms with Crippen molar-refractivity contribution in [3.8, 4) is 11.3 Å². The van der Waals surface area contributed by atoms with Gasteiger partial charge in [-0.05, 0) is 59.1 Å². The number of aromatic nitrogens is 3. The van der Waals surface area contributed by atoms with Crippen LogP contribution in [0.15, 0.2) is 53.3 Å². The summed E-state index contributed by atoms with van der Waals surface area (Å²) in [4.78, 5) is 36.9. The van der Waals surface area contributed by atoms with E-state index in [4.69, 9.17) is 0 Å². The van der Waals surface area contributed by atoms with Gasteiger partial charge in [-0.25, -0.2) is 9.78 Å². The van der Waals surface area contributed by atoms with Crippen LogP contribution < -0.4 is 10.6 Å². The van der Waals surface area contributed by atoms with Gasteiger partial charge in [-0.2, -0.15) is 0 Å². The Morgan fingerprint density at radius 1 is 1.18 bits per heavy atom. The van der Waals surface area contributed by atoms with Crippen LogP contribution in [0, 0.1) is 5.92 Å². The van der Waals surface area contributed by atoms with Gasteiger partial charge in [0.1, 0.15) is 5.82 Å². The fourth-order valence-corrected chi connectivity index (χ4v) is 3.68. The molecular weight excluding hydrogens is 498 g/mol. The lowest BCUT2D eigenvalue weighted by atomic mass is 10.0. The van der Waals surface area contributed by atoms with Crippen molar-refractivity contribution in [3.05, 3.63) is 64.8 Å². The molecule has 1 aliphatic rings. The van der Waals surface area contributed by atoms with E-state index in [1.807, 2.05) is 39.0 Å². The summed E-state index contributed by atoms with van der Waals surface area (Å²) >= 11 is 3.42. The van der Waals surface area contributed by atoms with E-state index in [-0.39, 0.29) is 11.8 Å². The first kappa shape index (κ1) is 25.2. The molecule has 1 unspecified atom stereocenters. The fourth-order valence-electron chi connectivity index (χ4n) is 3.45. The summed E-state index contributed by atoms with van der Waals surface area (Å²) < 4.78 is 5.56. The van der Waals surface area contributed by atoms with Gasteiger partial charge < -0.3 is 15.0 Å².